The predicted molar refractivity (Wildman–Crippen MR) is 115 cm³/mol. The van der Waals surface area contributed by atoms with E-state index in [4.69, 9.17) is 4.74 Å². The molecule has 1 atom stereocenters. The normalized spacial score (nSPS) is 17.2. The van der Waals surface area contributed by atoms with Crippen molar-refractivity contribution in [3.63, 3.8) is 0 Å². The van der Waals surface area contributed by atoms with Crippen molar-refractivity contribution in [2.24, 2.45) is 10.9 Å². The summed E-state index contributed by atoms with van der Waals surface area (Å²) < 4.78 is 5.34. The van der Waals surface area contributed by atoms with E-state index in [-0.39, 0.29) is 0 Å². The molecule has 1 aromatic heterocycles. The number of aliphatic imine (C=N–C) groups is 1. The Morgan fingerprint density at radius 3 is 2.85 bits per heavy atom. The highest BCUT2D eigenvalue weighted by Crippen LogP contribution is 2.26. The fraction of sp³-hybridized carbons (Fsp3) is 0.476. The van der Waals surface area contributed by atoms with Crippen molar-refractivity contribution in [3.8, 4) is 5.75 Å². The van der Waals surface area contributed by atoms with E-state index in [1.54, 1.807) is 7.11 Å². The summed E-state index contributed by atoms with van der Waals surface area (Å²) in [6.07, 6.45) is 2.29. The van der Waals surface area contributed by atoms with Crippen molar-refractivity contribution >= 4 is 23.0 Å². The third-order valence-corrected chi connectivity index (χ3v) is 6.21. The Bertz CT molecular complexity index is 758. The molecule has 1 aromatic carbocycles. The zero-order chi connectivity index (χ0) is 19.1. The zero-order valence-electron chi connectivity index (χ0n) is 16.5. The van der Waals surface area contributed by atoms with Crippen molar-refractivity contribution < 1.29 is 4.74 Å². The minimum Gasteiger partial charge on any atom is -0.497 e. The van der Waals surface area contributed by atoms with Crippen LogP contribution in [-0.2, 0) is 13.0 Å². The number of rotatable bonds is 7. The topological polar surface area (TPSA) is 48.9 Å². The van der Waals surface area contributed by atoms with Gasteiger partial charge in [0.05, 0.1) is 13.7 Å². The first kappa shape index (κ1) is 19.5. The molecule has 5 nitrogen and oxygen atoms in total. The second-order valence-corrected chi connectivity index (χ2v) is 8.08. The van der Waals surface area contributed by atoms with Gasteiger partial charge in [-0.3, -0.25) is 4.99 Å². The average molecular weight is 387 g/mol. The van der Waals surface area contributed by atoms with Crippen LogP contribution in [0.4, 0.5) is 5.69 Å². The molecule has 1 fully saturated rings. The molecule has 1 unspecified atom stereocenters. The molecule has 0 radical (unpaired) electrons. The van der Waals surface area contributed by atoms with Gasteiger partial charge in [0.1, 0.15) is 5.75 Å². The van der Waals surface area contributed by atoms with E-state index in [9.17, 15) is 0 Å². The van der Waals surface area contributed by atoms with Gasteiger partial charge in [-0.2, -0.15) is 0 Å². The molecule has 2 aromatic rings. The molecule has 27 heavy (non-hydrogen) atoms. The maximum Gasteiger partial charge on any atom is 0.191 e. The summed E-state index contributed by atoms with van der Waals surface area (Å²) in [5, 5.41) is 6.91. The van der Waals surface area contributed by atoms with Gasteiger partial charge in [-0.05, 0) is 43.0 Å². The Balaban J connectivity index is 1.45. The SMILES string of the molecule is CCc1ccc(CNC(=NC)NCC2CCN(c3cccc(OC)c3)C2)s1. The van der Waals surface area contributed by atoms with Gasteiger partial charge in [0.15, 0.2) is 5.96 Å². The van der Waals surface area contributed by atoms with Crippen LogP contribution >= 0.6 is 11.3 Å². The highest BCUT2D eigenvalue weighted by molar-refractivity contribution is 7.11. The third kappa shape index (κ3) is 5.39. The van der Waals surface area contributed by atoms with Crippen molar-refractivity contribution in [2.45, 2.75) is 26.3 Å². The Morgan fingerprint density at radius 1 is 1.26 bits per heavy atom. The van der Waals surface area contributed by atoms with Crippen molar-refractivity contribution in [1.29, 1.82) is 0 Å². The lowest BCUT2D eigenvalue weighted by Gasteiger charge is -2.20. The number of nitrogens with zero attached hydrogens (tertiary/aromatic N) is 2. The minimum atomic E-state index is 0.614. The third-order valence-electron chi connectivity index (χ3n) is 4.98. The van der Waals surface area contributed by atoms with Crippen LogP contribution in [0, 0.1) is 5.92 Å². The largest absolute Gasteiger partial charge is 0.497 e. The van der Waals surface area contributed by atoms with Crippen LogP contribution in [0.5, 0.6) is 5.75 Å². The number of methoxy groups -OCH3 is 1. The van der Waals surface area contributed by atoms with E-state index >= 15 is 0 Å². The van der Waals surface area contributed by atoms with Gasteiger partial charge >= 0.3 is 0 Å². The summed E-state index contributed by atoms with van der Waals surface area (Å²) in [7, 11) is 3.55. The first-order chi connectivity index (χ1) is 13.2. The lowest BCUT2D eigenvalue weighted by Crippen LogP contribution is -2.39. The maximum absolute atomic E-state index is 5.34. The number of hydrogen-bond donors (Lipinski definition) is 2. The number of benzene rings is 1. The lowest BCUT2D eigenvalue weighted by molar-refractivity contribution is 0.415. The monoisotopic (exact) mass is 386 g/mol. The summed E-state index contributed by atoms with van der Waals surface area (Å²) in [5.41, 5.74) is 1.24. The summed E-state index contributed by atoms with van der Waals surface area (Å²) in [6, 6.07) is 12.7. The van der Waals surface area contributed by atoms with E-state index in [0.29, 0.717) is 5.92 Å². The minimum absolute atomic E-state index is 0.614. The van der Waals surface area contributed by atoms with Crippen LogP contribution in [-0.4, -0.2) is 39.8 Å². The number of aryl methyl sites for hydroxylation is 1. The number of hydrogen-bond acceptors (Lipinski definition) is 4. The Morgan fingerprint density at radius 2 is 2.11 bits per heavy atom. The first-order valence-electron chi connectivity index (χ1n) is 9.63. The van der Waals surface area contributed by atoms with E-state index in [1.165, 1.54) is 21.9 Å². The molecule has 0 bridgehead atoms. The highest BCUT2D eigenvalue weighted by atomic mass is 32.1. The number of nitrogens with one attached hydrogen (secondary N) is 2. The number of guanidine groups is 1. The van der Waals surface area contributed by atoms with Gasteiger partial charge in [0, 0.05) is 48.2 Å². The van der Waals surface area contributed by atoms with Crippen LogP contribution in [0.2, 0.25) is 0 Å². The summed E-state index contributed by atoms with van der Waals surface area (Å²) in [4.78, 5) is 9.57. The summed E-state index contributed by atoms with van der Waals surface area (Å²) in [5.74, 6) is 2.41. The molecular weight excluding hydrogens is 356 g/mol. The fourth-order valence-electron chi connectivity index (χ4n) is 3.38. The van der Waals surface area contributed by atoms with Gasteiger partial charge in [0.2, 0.25) is 0 Å². The number of ether oxygens (including phenoxy) is 1. The molecule has 6 heteroatoms. The van der Waals surface area contributed by atoms with E-state index in [0.717, 1.165) is 44.3 Å². The molecule has 2 N–H and O–H groups in total. The van der Waals surface area contributed by atoms with E-state index in [1.807, 2.05) is 24.5 Å². The molecule has 0 aliphatic carbocycles. The fourth-order valence-corrected chi connectivity index (χ4v) is 4.28. The predicted octanol–water partition coefficient (Wildman–Crippen LogP) is 3.51. The Hall–Kier alpha value is -2.21. The van der Waals surface area contributed by atoms with Crippen LogP contribution in [0.15, 0.2) is 41.4 Å². The molecule has 2 heterocycles. The van der Waals surface area contributed by atoms with E-state index in [2.05, 4.69) is 57.8 Å². The van der Waals surface area contributed by atoms with Crippen LogP contribution in [0.1, 0.15) is 23.1 Å². The zero-order valence-corrected chi connectivity index (χ0v) is 17.3. The molecule has 1 aliphatic heterocycles. The van der Waals surface area contributed by atoms with Gasteiger partial charge < -0.3 is 20.3 Å². The van der Waals surface area contributed by atoms with Crippen molar-refractivity contribution in [2.75, 3.05) is 38.7 Å². The second kappa shape index (κ2) is 9.65. The number of thiophene rings is 1. The van der Waals surface area contributed by atoms with Crippen LogP contribution in [0.25, 0.3) is 0 Å². The van der Waals surface area contributed by atoms with Gasteiger partial charge in [0.25, 0.3) is 0 Å². The smallest absolute Gasteiger partial charge is 0.191 e. The van der Waals surface area contributed by atoms with Gasteiger partial charge in [-0.15, -0.1) is 11.3 Å². The maximum atomic E-state index is 5.34. The molecule has 3 rings (SSSR count). The molecule has 146 valence electrons. The first-order valence-corrected chi connectivity index (χ1v) is 10.4. The molecule has 1 saturated heterocycles. The molecule has 0 spiro atoms. The van der Waals surface area contributed by atoms with Crippen LogP contribution < -0.4 is 20.3 Å². The molecular formula is C21H30N4OS. The van der Waals surface area contributed by atoms with E-state index < -0.39 is 0 Å². The Kier molecular flexibility index (Phi) is 6.98. The van der Waals surface area contributed by atoms with Gasteiger partial charge in [-0.25, -0.2) is 0 Å². The highest BCUT2D eigenvalue weighted by Gasteiger charge is 2.23. The molecule has 0 saturated carbocycles. The standard InChI is InChI=1S/C21H30N4OS/c1-4-19-8-9-20(27-19)14-24-21(22-2)23-13-16-10-11-25(15-16)17-6-5-7-18(12-17)26-3/h5-9,12,16H,4,10-11,13-15H2,1-3H3,(H2,22,23,24). The second-order valence-electron chi connectivity index (χ2n) is 6.83. The average Bonchev–Trinajstić information content (AvgIpc) is 3.37. The van der Waals surface area contributed by atoms with Crippen molar-refractivity contribution in [3.05, 3.63) is 46.2 Å². The number of anilines is 1. The lowest BCUT2D eigenvalue weighted by atomic mass is 10.1. The van der Waals surface area contributed by atoms with Crippen molar-refractivity contribution in [1.82, 2.24) is 10.6 Å². The summed E-state index contributed by atoms with van der Waals surface area (Å²) in [6.45, 7) is 6.10. The Labute approximate surface area is 166 Å². The molecule has 0 amide bonds. The quantitative estimate of drug-likeness (QED) is 0.565. The van der Waals surface area contributed by atoms with Crippen LogP contribution in [0.3, 0.4) is 0 Å². The van der Waals surface area contributed by atoms with Gasteiger partial charge in [-0.1, -0.05) is 13.0 Å². The molecule has 1 aliphatic rings. The summed E-state index contributed by atoms with van der Waals surface area (Å²) >= 11 is 1.87.